The van der Waals surface area contributed by atoms with Gasteiger partial charge in [-0.1, -0.05) is 18.2 Å². The SMILES string of the molecule is O=C(O)Cc1cccc2c1SNC=C2. The average Bonchev–Trinajstić information content (AvgIpc) is 2.18. The lowest BCUT2D eigenvalue weighted by molar-refractivity contribution is -0.136. The topological polar surface area (TPSA) is 49.3 Å². The molecule has 1 aliphatic heterocycles. The standard InChI is InChI=1S/C10H9NO2S/c12-9(13)6-8-3-1-2-7-4-5-11-14-10(7)8/h1-5,11H,6H2,(H,12,13). The molecule has 72 valence electrons. The van der Waals surface area contributed by atoms with Crippen LogP contribution in [0.4, 0.5) is 0 Å². The second-order valence-corrected chi connectivity index (χ2v) is 3.81. The van der Waals surface area contributed by atoms with Crippen molar-refractivity contribution in [3.63, 3.8) is 0 Å². The highest BCUT2D eigenvalue weighted by atomic mass is 32.2. The molecule has 0 atom stereocenters. The number of hydrogen-bond donors (Lipinski definition) is 2. The Kier molecular flexibility index (Phi) is 2.45. The highest BCUT2D eigenvalue weighted by molar-refractivity contribution is 7.97. The summed E-state index contributed by atoms with van der Waals surface area (Å²) in [5, 5.41) is 8.72. The van der Waals surface area contributed by atoms with Gasteiger partial charge < -0.3 is 9.83 Å². The second kappa shape index (κ2) is 3.75. The molecular weight excluding hydrogens is 198 g/mol. The summed E-state index contributed by atoms with van der Waals surface area (Å²) in [4.78, 5) is 11.6. The summed E-state index contributed by atoms with van der Waals surface area (Å²) >= 11 is 1.46. The number of nitrogens with one attached hydrogen (secondary N) is 1. The lowest BCUT2D eigenvalue weighted by Gasteiger charge is -2.14. The number of fused-ring (bicyclic) bond motifs is 1. The number of aliphatic carboxylic acids is 1. The predicted molar refractivity (Wildman–Crippen MR) is 55.8 cm³/mol. The van der Waals surface area contributed by atoms with E-state index in [0.29, 0.717) is 0 Å². The molecule has 0 bridgehead atoms. The van der Waals surface area contributed by atoms with Crippen LogP contribution in [0, 0.1) is 0 Å². The number of carbonyl (C=O) groups is 1. The number of carboxylic acids is 1. The van der Waals surface area contributed by atoms with E-state index in [1.165, 1.54) is 11.9 Å². The molecule has 0 saturated carbocycles. The maximum Gasteiger partial charge on any atom is 0.307 e. The lowest BCUT2D eigenvalue weighted by Crippen LogP contribution is -2.06. The van der Waals surface area contributed by atoms with Gasteiger partial charge in [-0.15, -0.1) is 0 Å². The molecule has 1 aromatic carbocycles. The van der Waals surface area contributed by atoms with Crippen LogP contribution < -0.4 is 4.72 Å². The Morgan fingerprint density at radius 1 is 1.50 bits per heavy atom. The number of hydrogen-bond acceptors (Lipinski definition) is 3. The Morgan fingerprint density at radius 2 is 2.36 bits per heavy atom. The summed E-state index contributed by atoms with van der Waals surface area (Å²) in [5.41, 5.74) is 1.93. The molecule has 2 rings (SSSR count). The zero-order valence-electron chi connectivity index (χ0n) is 7.36. The van der Waals surface area contributed by atoms with E-state index >= 15 is 0 Å². The van der Waals surface area contributed by atoms with E-state index in [1.807, 2.05) is 30.5 Å². The minimum atomic E-state index is -0.798. The molecule has 4 heteroatoms. The second-order valence-electron chi connectivity index (χ2n) is 2.96. The molecule has 0 spiro atoms. The van der Waals surface area contributed by atoms with Crippen molar-refractivity contribution >= 4 is 24.0 Å². The largest absolute Gasteiger partial charge is 0.481 e. The molecular formula is C10H9NO2S. The van der Waals surface area contributed by atoms with Gasteiger partial charge in [0.2, 0.25) is 0 Å². The van der Waals surface area contributed by atoms with Crippen molar-refractivity contribution in [1.82, 2.24) is 4.72 Å². The van der Waals surface area contributed by atoms with Gasteiger partial charge in [0.05, 0.1) is 6.42 Å². The summed E-state index contributed by atoms with van der Waals surface area (Å²) in [6.07, 6.45) is 3.86. The molecule has 0 aliphatic carbocycles. The summed E-state index contributed by atoms with van der Waals surface area (Å²) in [7, 11) is 0. The highest BCUT2D eigenvalue weighted by Gasteiger charge is 2.12. The van der Waals surface area contributed by atoms with E-state index in [2.05, 4.69) is 4.72 Å². The van der Waals surface area contributed by atoms with Gasteiger partial charge in [0.1, 0.15) is 0 Å². The molecule has 3 nitrogen and oxygen atoms in total. The molecule has 1 heterocycles. The van der Waals surface area contributed by atoms with Gasteiger partial charge in [-0.05, 0) is 29.2 Å². The summed E-state index contributed by atoms with van der Waals surface area (Å²) in [6.45, 7) is 0. The van der Waals surface area contributed by atoms with Crippen LogP contribution in [0.3, 0.4) is 0 Å². The third kappa shape index (κ3) is 1.75. The van der Waals surface area contributed by atoms with Gasteiger partial charge in [-0.2, -0.15) is 0 Å². The van der Waals surface area contributed by atoms with Crippen molar-refractivity contribution < 1.29 is 9.90 Å². The molecule has 0 aromatic heterocycles. The van der Waals surface area contributed by atoms with Crippen molar-refractivity contribution in [2.24, 2.45) is 0 Å². The van der Waals surface area contributed by atoms with Crippen LogP contribution in [0.2, 0.25) is 0 Å². The fourth-order valence-corrected chi connectivity index (χ4v) is 2.16. The highest BCUT2D eigenvalue weighted by Crippen LogP contribution is 2.29. The van der Waals surface area contributed by atoms with Crippen molar-refractivity contribution in [2.45, 2.75) is 11.3 Å². The minimum absolute atomic E-state index is 0.0751. The van der Waals surface area contributed by atoms with Crippen LogP contribution in [0.15, 0.2) is 29.3 Å². The van der Waals surface area contributed by atoms with Crippen LogP contribution in [0.25, 0.3) is 6.08 Å². The lowest BCUT2D eigenvalue weighted by atomic mass is 10.1. The first-order valence-electron chi connectivity index (χ1n) is 4.20. The van der Waals surface area contributed by atoms with Crippen molar-refractivity contribution in [1.29, 1.82) is 0 Å². The molecule has 0 saturated heterocycles. The number of carboxylic acid groups (broad SMARTS) is 1. The van der Waals surface area contributed by atoms with Crippen LogP contribution in [-0.4, -0.2) is 11.1 Å². The van der Waals surface area contributed by atoms with E-state index in [4.69, 9.17) is 5.11 Å². The third-order valence-electron chi connectivity index (χ3n) is 1.96. The first kappa shape index (κ1) is 9.15. The quantitative estimate of drug-likeness (QED) is 0.727. The van der Waals surface area contributed by atoms with E-state index in [0.717, 1.165) is 16.0 Å². The summed E-state index contributed by atoms with van der Waals surface area (Å²) in [6, 6.07) is 5.71. The van der Waals surface area contributed by atoms with Gasteiger partial charge >= 0.3 is 5.97 Å². The molecule has 1 aromatic rings. The molecule has 0 amide bonds. The maximum absolute atomic E-state index is 10.6. The average molecular weight is 207 g/mol. The fraction of sp³-hybridized carbons (Fsp3) is 0.100. The zero-order valence-corrected chi connectivity index (χ0v) is 8.17. The normalized spacial score (nSPS) is 13.1. The Morgan fingerprint density at radius 3 is 3.14 bits per heavy atom. The minimum Gasteiger partial charge on any atom is -0.481 e. The summed E-state index contributed by atoms with van der Waals surface area (Å²) in [5.74, 6) is -0.798. The molecule has 0 radical (unpaired) electrons. The smallest absolute Gasteiger partial charge is 0.307 e. The molecule has 2 N–H and O–H groups in total. The van der Waals surface area contributed by atoms with E-state index in [9.17, 15) is 4.79 Å². The fourth-order valence-electron chi connectivity index (χ4n) is 1.38. The third-order valence-corrected chi connectivity index (χ3v) is 2.92. The van der Waals surface area contributed by atoms with Gasteiger partial charge in [0.25, 0.3) is 0 Å². The molecule has 0 fully saturated rings. The Bertz CT molecular complexity index is 401. The van der Waals surface area contributed by atoms with Crippen LogP contribution in [-0.2, 0) is 11.2 Å². The monoisotopic (exact) mass is 207 g/mol. The Hall–Kier alpha value is -1.42. The molecule has 0 unspecified atom stereocenters. The van der Waals surface area contributed by atoms with Crippen LogP contribution >= 0.6 is 11.9 Å². The predicted octanol–water partition coefficient (Wildman–Crippen LogP) is 1.89. The maximum atomic E-state index is 10.6. The first-order chi connectivity index (χ1) is 6.77. The van der Waals surface area contributed by atoms with Gasteiger partial charge in [-0.3, -0.25) is 4.79 Å². The molecule has 1 aliphatic rings. The van der Waals surface area contributed by atoms with Crippen molar-refractivity contribution in [3.8, 4) is 0 Å². The first-order valence-corrected chi connectivity index (χ1v) is 5.01. The Labute approximate surface area is 86.0 Å². The van der Waals surface area contributed by atoms with E-state index in [-0.39, 0.29) is 6.42 Å². The van der Waals surface area contributed by atoms with Crippen LogP contribution in [0.1, 0.15) is 11.1 Å². The van der Waals surface area contributed by atoms with E-state index < -0.39 is 5.97 Å². The zero-order chi connectivity index (χ0) is 9.97. The number of benzene rings is 1. The van der Waals surface area contributed by atoms with Gasteiger partial charge in [0.15, 0.2) is 0 Å². The molecule has 14 heavy (non-hydrogen) atoms. The van der Waals surface area contributed by atoms with Gasteiger partial charge in [-0.25, -0.2) is 0 Å². The van der Waals surface area contributed by atoms with Crippen LogP contribution in [0.5, 0.6) is 0 Å². The van der Waals surface area contributed by atoms with Gasteiger partial charge in [0, 0.05) is 11.1 Å². The Balaban J connectivity index is 2.41. The summed E-state index contributed by atoms with van der Waals surface area (Å²) < 4.78 is 3.00. The van der Waals surface area contributed by atoms with Crippen molar-refractivity contribution in [3.05, 3.63) is 35.5 Å². The number of rotatable bonds is 2. The van der Waals surface area contributed by atoms with Crippen molar-refractivity contribution in [2.75, 3.05) is 0 Å². The van der Waals surface area contributed by atoms with E-state index in [1.54, 1.807) is 0 Å².